The zero-order chi connectivity index (χ0) is 25.4. The number of fused-ring (bicyclic) bond motifs is 1. The molecule has 0 aliphatic carbocycles. The van der Waals surface area contributed by atoms with E-state index in [1.165, 1.54) is 0 Å². The average Bonchev–Trinajstić information content (AvgIpc) is 3.42. The number of aromatic hydroxyl groups is 1. The summed E-state index contributed by atoms with van der Waals surface area (Å²) in [6, 6.07) is 18.8. The molecule has 2 heterocycles. The summed E-state index contributed by atoms with van der Waals surface area (Å²) in [5.41, 5.74) is 5.38. The summed E-state index contributed by atoms with van der Waals surface area (Å²) >= 11 is 3.57. The number of carbonyl (C=O) groups excluding carboxylic acids is 1. The van der Waals surface area contributed by atoms with Crippen LogP contribution in [0.1, 0.15) is 38.8 Å². The van der Waals surface area contributed by atoms with Crippen molar-refractivity contribution in [2.45, 2.75) is 19.4 Å². The predicted molar refractivity (Wildman–Crippen MR) is 141 cm³/mol. The summed E-state index contributed by atoms with van der Waals surface area (Å²) in [5, 5.41) is 18.1. The van der Waals surface area contributed by atoms with E-state index in [4.69, 9.17) is 9.47 Å². The van der Waals surface area contributed by atoms with Gasteiger partial charge in [0, 0.05) is 22.1 Å². The Balaban J connectivity index is 1.56. The number of nitrogens with zero attached hydrogens (tertiary/aromatic N) is 2. The quantitative estimate of drug-likeness (QED) is 0.311. The van der Waals surface area contributed by atoms with Gasteiger partial charge in [-0.05, 0) is 60.9 Å². The Labute approximate surface area is 217 Å². The van der Waals surface area contributed by atoms with Crippen molar-refractivity contribution in [1.82, 2.24) is 15.1 Å². The van der Waals surface area contributed by atoms with Gasteiger partial charge in [0.1, 0.15) is 17.1 Å². The number of phenols is 1. The molecular formula is C28H26BrN3O4. The molecular weight excluding hydrogens is 522 g/mol. The number of ether oxygens (including phenoxy) is 2. The molecule has 7 nitrogen and oxygen atoms in total. The van der Waals surface area contributed by atoms with Gasteiger partial charge in [-0.15, -0.1) is 0 Å². The van der Waals surface area contributed by atoms with Gasteiger partial charge in [-0.25, -0.2) is 0 Å². The second kappa shape index (κ2) is 9.70. The molecule has 0 saturated heterocycles. The fourth-order valence-corrected chi connectivity index (χ4v) is 5.20. The Morgan fingerprint density at radius 3 is 2.61 bits per heavy atom. The Kier molecular flexibility index (Phi) is 6.45. The minimum absolute atomic E-state index is 0.124. The summed E-state index contributed by atoms with van der Waals surface area (Å²) in [6.45, 7) is 2.44. The number of benzene rings is 3. The Morgan fingerprint density at radius 1 is 1.06 bits per heavy atom. The standard InChI is InChI=1S/C28H26BrN3O4/c1-16-7-9-21(33)20(13-16)25-24-26(31-30-25)28(34)32(27(24)18-5-4-6-19(29)15-18)12-11-17-8-10-22(35-2)23(14-17)36-3/h4-10,13-15,27,33H,11-12H2,1-3H3,(H,30,31)/t27-/m1/s1. The molecule has 5 rings (SSSR count). The average molecular weight is 548 g/mol. The topological polar surface area (TPSA) is 87.7 Å². The van der Waals surface area contributed by atoms with Crippen molar-refractivity contribution in [1.29, 1.82) is 0 Å². The van der Waals surface area contributed by atoms with Crippen molar-refractivity contribution >= 4 is 21.8 Å². The molecule has 36 heavy (non-hydrogen) atoms. The highest BCUT2D eigenvalue weighted by Gasteiger charge is 2.42. The SMILES string of the molecule is COc1ccc(CCN2C(=O)c3[nH]nc(-c4cc(C)ccc4O)c3[C@H]2c2cccc(Br)c2)cc1OC. The number of methoxy groups -OCH3 is 2. The fourth-order valence-electron chi connectivity index (χ4n) is 4.78. The molecule has 0 radical (unpaired) electrons. The third-order valence-corrected chi connectivity index (χ3v) is 7.02. The molecule has 1 aromatic heterocycles. The third-order valence-electron chi connectivity index (χ3n) is 6.52. The molecule has 8 heteroatoms. The molecule has 1 atom stereocenters. The summed E-state index contributed by atoms with van der Waals surface area (Å²) in [6.07, 6.45) is 0.624. The van der Waals surface area contributed by atoms with Crippen LogP contribution < -0.4 is 9.47 Å². The number of rotatable bonds is 7. The number of nitrogens with one attached hydrogen (secondary N) is 1. The number of phenolic OH excluding ortho intramolecular Hbond substituents is 1. The van der Waals surface area contributed by atoms with Gasteiger partial charge in [0.15, 0.2) is 11.5 Å². The van der Waals surface area contributed by atoms with Gasteiger partial charge < -0.3 is 19.5 Å². The van der Waals surface area contributed by atoms with Crippen LogP contribution in [-0.4, -0.2) is 46.9 Å². The summed E-state index contributed by atoms with van der Waals surface area (Å²) in [7, 11) is 3.21. The molecule has 2 N–H and O–H groups in total. The van der Waals surface area contributed by atoms with Gasteiger partial charge in [0.2, 0.25) is 0 Å². The molecule has 184 valence electrons. The molecule has 1 amide bonds. The van der Waals surface area contributed by atoms with E-state index in [2.05, 4.69) is 26.1 Å². The van der Waals surface area contributed by atoms with E-state index >= 15 is 0 Å². The van der Waals surface area contributed by atoms with Crippen molar-refractivity contribution in [3.8, 4) is 28.5 Å². The summed E-state index contributed by atoms with van der Waals surface area (Å²) < 4.78 is 11.7. The molecule has 1 aliphatic rings. The van der Waals surface area contributed by atoms with Crippen molar-refractivity contribution in [3.63, 3.8) is 0 Å². The Bertz CT molecular complexity index is 1450. The molecule has 3 aromatic carbocycles. The highest BCUT2D eigenvalue weighted by atomic mass is 79.9. The van der Waals surface area contributed by atoms with E-state index in [-0.39, 0.29) is 17.7 Å². The van der Waals surface area contributed by atoms with Crippen LogP contribution in [0.15, 0.2) is 65.1 Å². The lowest BCUT2D eigenvalue weighted by Gasteiger charge is -2.27. The lowest BCUT2D eigenvalue weighted by atomic mass is 9.95. The van der Waals surface area contributed by atoms with Crippen molar-refractivity contribution in [2.24, 2.45) is 0 Å². The predicted octanol–water partition coefficient (Wildman–Crippen LogP) is 5.66. The first kappa shape index (κ1) is 23.9. The maximum Gasteiger partial charge on any atom is 0.273 e. The number of H-pyrrole nitrogens is 1. The zero-order valence-electron chi connectivity index (χ0n) is 20.2. The van der Waals surface area contributed by atoms with Gasteiger partial charge in [-0.1, -0.05) is 45.8 Å². The second-order valence-electron chi connectivity index (χ2n) is 8.78. The molecule has 0 spiro atoms. The van der Waals surface area contributed by atoms with Crippen LogP contribution in [0.2, 0.25) is 0 Å². The van der Waals surface area contributed by atoms with Gasteiger partial charge in [0.25, 0.3) is 5.91 Å². The zero-order valence-corrected chi connectivity index (χ0v) is 21.8. The maximum atomic E-state index is 13.6. The number of hydrogen-bond acceptors (Lipinski definition) is 5. The van der Waals surface area contributed by atoms with E-state index in [1.807, 2.05) is 66.4 Å². The van der Waals surface area contributed by atoms with E-state index < -0.39 is 0 Å². The number of carbonyl (C=O) groups is 1. The van der Waals surface area contributed by atoms with E-state index in [9.17, 15) is 9.90 Å². The minimum Gasteiger partial charge on any atom is -0.507 e. The lowest BCUT2D eigenvalue weighted by molar-refractivity contribution is 0.0746. The van der Waals surface area contributed by atoms with Crippen molar-refractivity contribution in [2.75, 3.05) is 20.8 Å². The maximum absolute atomic E-state index is 13.6. The first-order valence-corrected chi connectivity index (χ1v) is 12.4. The van der Waals surface area contributed by atoms with Gasteiger partial charge in [0.05, 0.1) is 20.3 Å². The van der Waals surface area contributed by atoms with E-state index in [1.54, 1.807) is 20.3 Å². The van der Waals surface area contributed by atoms with Crippen LogP contribution in [0, 0.1) is 6.92 Å². The lowest BCUT2D eigenvalue weighted by Crippen LogP contribution is -2.31. The summed E-state index contributed by atoms with van der Waals surface area (Å²) in [4.78, 5) is 15.5. The van der Waals surface area contributed by atoms with Crippen LogP contribution in [0.3, 0.4) is 0 Å². The van der Waals surface area contributed by atoms with Crippen molar-refractivity contribution in [3.05, 3.63) is 93.1 Å². The highest BCUT2D eigenvalue weighted by Crippen LogP contribution is 2.45. The molecule has 0 unspecified atom stereocenters. The first-order valence-electron chi connectivity index (χ1n) is 11.6. The van der Waals surface area contributed by atoms with Crippen molar-refractivity contribution < 1.29 is 19.4 Å². The van der Waals surface area contributed by atoms with Gasteiger partial charge >= 0.3 is 0 Å². The fraction of sp³-hybridized carbons (Fsp3) is 0.214. The van der Waals surface area contributed by atoms with Crippen LogP contribution in [-0.2, 0) is 6.42 Å². The van der Waals surface area contributed by atoms with Crippen LogP contribution >= 0.6 is 15.9 Å². The molecule has 0 saturated carbocycles. The minimum atomic E-state index is -0.362. The first-order chi connectivity index (χ1) is 17.4. The molecule has 0 bridgehead atoms. The monoisotopic (exact) mass is 547 g/mol. The summed E-state index contributed by atoms with van der Waals surface area (Å²) in [5.74, 6) is 1.31. The van der Waals surface area contributed by atoms with Crippen LogP contribution in [0.5, 0.6) is 17.2 Å². The molecule has 0 fully saturated rings. The molecule has 1 aliphatic heterocycles. The number of aromatic nitrogens is 2. The third kappa shape index (κ3) is 4.22. The van der Waals surface area contributed by atoms with Crippen LogP contribution in [0.4, 0.5) is 0 Å². The number of halogens is 1. The Hall–Kier alpha value is -3.78. The van der Waals surface area contributed by atoms with E-state index in [0.29, 0.717) is 41.4 Å². The number of hydrogen-bond donors (Lipinski definition) is 2. The number of aromatic amines is 1. The number of aryl methyl sites for hydroxylation is 1. The van der Waals surface area contributed by atoms with E-state index in [0.717, 1.165) is 26.7 Å². The largest absolute Gasteiger partial charge is 0.507 e. The molecule has 4 aromatic rings. The van der Waals surface area contributed by atoms with Crippen LogP contribution in [0.25, 0.3) is 11.3 Å². The normalized spacial score (nSPS) is 14.7. The highest BCUT2D eigenvalue weighted by molar-refractivity contribution is 9.10. The van der Waals surface area contributed by atoms with Gasteiger partial charge in [-0.2, -0.15) is 5.10 Å². The Morgan fingerprint density at radius 2 is 1.86 bits per heavy atom. The van der Waals surface area contributed by atoms with Gasteiger partial charge in [-0.3, -0.25) is 9.89 Å². The second-order valence-corrected chi connectivity index (χ2v) is 9.69. The number of amides is 1. The smallest absolute Gasteiger partial charge is 0.273 e.